The molecule has 41 heavy (non-hydrogen) atoms. The Bertz CT molecular complexity index is 1470. The number of hydrogen-bond donors (Lipinski definition) is 1. The number of morpholine rings is 1. The number of amides is 1. The molecule has 0 spiro atoms. The first-order valence-corrected chi connectivity index (χ1v) is 13.6. The molecule has 1 aliphatic heterocycles. The fourth-order valence-corrected chi connectivity index (χ4v) is 4.78. The van der Waals surface area contributed by atoms with Gasteiger partial charge in [-0.3, -0.25) is 4.79 Å². The smallest absolute Gasteiger partial charge is 0.284 e. The van der Waals surface area contributed by atoms with Crippen LogP contribution in [0.2, 0.25) is 0 Å². The average Bonchev–Trinajstić information content (AvgIpc) is 3.68. The van der Waals surface area contributed by atoms with Crippen LogP contribution in [0.3, 0.4) is 0 Å². The highest BCUT2D eigenvalue weighted by Crippen LogP contribution is 2.24. The van der Waals surface area contributed by atoms with E-state index in [9.17, 15) is 13.6 Å². The van der Waals surface area contributed by atoms with Crippen LogP contribution in [0.15, 0.2) is 12.1 Å². The van der Waals surface area contributed by atoms with E-state index in [4.69, 9.17) is 10.5 Å². The summed E-state index contributed by atoms with van der Waals surface area (Å²) in [6.45, 7) is 7.25. The number of aryl methyl sites for hydroxylation is 1. The lowest BCUT2D eigenvalue weighted by Crippen LogP contribution is -2.36. The Balaban J connectivity index is 0.000000921. The maximum Gasteiger partial charge on any atom is 0.284 e. The summed E-state index contributed by atoms with van der Waals surface area (Å²) in [7, 11) is 1.73. The summed E-state index contributed by atoms with van der Waals surface area (Å²) < 4.78 is 34.5. The van der Waals surface area contributed by atoms with Gasteiger partial charge >= 0.3 is 0 Å². The molecule has 0 aliphatic carbocycles. The molecule has 0 saturated carbocycles. The zero-order valence-electron chi connectivity index (χ0n) is 23.3. The molecule has 0 unspecified atom stereocenters. The van der Waals surface area contributed by atoms with Crippen molar-refractivity contribution < 1.29 is 18.3 Å². The third kappa shape index (κ3) is 7.84. The normalized spacial score (nSPS) is 12.4. The van der Waals surface area contributed by atoms with Crippen LogP contribution in [0.25, 0.3) is 16.6 Å². The first-order chi connectivity index (χ1) is 19.9. The number of rotatable bonds is 7. The Morgan fingerprint density at radius 3 is 2.46 bits per heavy atom. The Morgan fingerprint density at radius 1 is 1.10 bits per heavy atom. The standard InChI is InChI=1S/C21H23F2N9O2S.C2H6.2C2H2/c1-30(19(33)18-27-28-21(35-18)31-6-8-34-9-7-31)5-3-2-4-15-25-17-13-10-12(22)11-14(23)16(13)26-20(24)32(17)29-15;3*1-2/h10-11H,2-9H2,1H3,(H2,24,26);1-2H3;2*1-2H. The molecular formula is C27H33F2N9O2S. The number of terminal acetylenes is 2. The number of fused-ring (bicyclic) bond motifs is 3. The van der Waals surface area contributed by atoms with Crippen molar-refractivity contribution in [1.82, 2.24) is 34.7 Å². The minimum absolute atomic E-state index is 0.0319. The van der Waals surface area contributed by atoms with Crippen LogP contribution < -0.4 is 10.6 Å². The molecule has 0 atom stereocenters. The van der Waals surface area contributed by atoms with Crippen molar-refractivity contribution in [2.75, 3.05) is 50.5 Å². The third-order valence-corrected chi connectivity index (χ3v) is 6.70. The van der Waals surface area contributed by atoms with Gasteiger partial charge in [0.15, 0.2) is 17.3 Å². The van der Waals surface area contributed by atoms with Crippen LogP contribution >= 0.6 is 11.3 Å². The second-order valence-electron chi connectivity index (χ2n) is 8.19. The zero-order valence-corrected chi connectivity index (χ0v) is 24.1. The van der Waals surface area contributed by atoms with Crippen molar-refractivity contribution in [3.8, 4) is 25.7 Å². The summed E-state index contributed by atoms with van der Waals surface area (Å²) in [5.74, 6) is -1.27. The molecule has 4 heterocycles. The van der Waals surface area contributed by atoms with Gasteiger partial charge in [-0.15, -0.1) is 41.0 Å². The van der Waals surface area contributed by atoms with E-state index < -0.39 is 11.6 Å². The van der Waals surface area contributed by atoms with Crippen molar-refractivity contribution in [2.45, 2.75) is 33.1 Å². The number of unbranched alkanes of at least 4 members (excludes halogenated alkanes) is 1. The molecule has 1 aromatic carbocycles. The van der Waals surface area contributed by atoms with Gasteiger partial charge < -0.3 is 20.3 Å². The van der Waals surface area contributed by atoms with Crippen molar-refractivity contribution in [2.24, 2.45) is 0 Å². The van der Waals surface area contributed by atoms with E-state index in [0.717, 1.165) is 30.4 Å². The number of benzene rings is 1. The molecule has 1 aliphatic rings. The Labute approximate surface area is 241 Å². The van der Waals surface area contributed by atoms with Gasteiger partial charge in [0.2, 0.25) is 16.1 Å². The molecule has 5 rings (SSSR count). The Kier molecular flexibility index (Phi) is 12.8. The van der Waals surface area contributed by atoms with E-state index >= 15 is 0 Å². The first-order valence-electron chi connectivity index (χ1n) is 12.8. The number of anilines is 2. The molecule has 0 bridgehead atoms. The van der Waals surface area contributed by atoms with Crippen LogP contribution in [-0.2, 0) is 11.2 Å². The fraction of sp³-hybridized carbons (Fsp3) is 0.407. The highest BCUT2D eigenvalue weighted by atomic mass is 32.1. The van der Waals surface area contributed by atoms with Gasteiger partial charge in [0.1, 0.15) is 11.3 Å². The monoisotopic (exact) mass is 585 g/mol. The van der Waals surface area contributed by atoms with E-state index in [1.54, 1.807) is 11.9 Å². The summed E-state index contributed by atoms with van der Waals surface area (Å²) in [5.41, 5.74) is 6.10. The largest absolute Gasteiger partial charge is 0.378 e. The van der Waals surface area contributed by atoms with Gasteiger partial charge in [-0.2, -0.15) is 4.52 Å². The van der Waals surface area contributed by atoms with Crippen molar-refractivity contribution in [3.63, 3.8) is 0 Å². The van der Waals surface area contributed by atoms with Crippen molar-refractivity contribution >= 4 is 44.9 Å². The van der Waals surface area contributed by atoms with Gasteiger partial charge in [0, 0.05) is 39.2 Å². The predicted molar refractivity (Wildman–Crippen MR) is 157 cm³/mol. The van der Waals surface area contributed by atoms with Crippen LogP contribution in [0, 0.1) is 37.3 Å². The third-order valence-electron chi connectivity index (χ3n) is 5.73. The lowest BCUT2D eigenvalue weighted by Gasteiger charge is -2.25. The second-order valence-corrected chi connectivity index (χ2v) is 9.15. The highest BCUT2D eigenvalue weighted by Gasteiger charge is 2.21. The zero-order chi connectivity index (χ0) is 30.5. The number of ether oxygens (including phenoxy) is 1. The summed E-state index contributed by atoms with van der Waals surface area (Å²) in [6.07, 6.45) is 17.9. The van der Waals surface area contributed by atoms with E-state index in [2.05, 4.69) is 55.9 Å². The molecule has 218 valence electrons. The van der Waals surface area contributed by atoms with Crippen LogP contribution in [0.4, 0.5) is 19.9 Å². The molecule has 1 saturated heterocycles. The second kappa shape index (κ2) is 16.0. The van der Waals surface area contributed by atoms with Gasteiger partial charge in [-0.05, 0) is 18.9 Å². The van der Waals surface area contributed by atoms with Crippen LogP contribution in [-0.4, -0.2) is 80.5 Å². The number of nitrogen functional groups attached to an aromatic ring is 1. The number of hydrogen-bond acceptors (Lipinski definition) is 10. The van der Waals surface area contributed by atoms with E-state index in [1.165, 1.54) is 15.9 Å². The Hall–Kier alpha value is -4.40. The molecule has 4 aromatic rings. The molecule has 1 fully saturated rings. The average molecular weight is 586 g/mol. The maximum atomic E-state index is 14.1. The van der Waals surface area contributed by atoms with Gasteiger partial charge in [0.05, 0.1) is 18.6 Å². The topological polar surface area (TPSA) is 128 Å². The lowest BCUT2D eigenvalue weighted by molar-refractivity contribution is 0.0791. The molecular weight excluding hydrogens is 552 g/mol. The van der Waals surface area contributed by atoms with E-state index in [-0.39, 0.29) is 28.4 Å². The number of aromatic nitrogens is 6. The van der Waals surface area contributed by atoms with Crippen LogP contribution in [0.1, 0.15) is 42.3 Å². The summed E-state index contributed by atoms with van der Waals surface area (Å²) in [4.78, 5) is 24.8. The summed E-state index contributed by atoms with van der Waals surface area (Å²) in [6, 6.07) is 1.92. The van der Waals surface area contributed by atoms with Crippen LogP contribution in [0.5, 0.6) is 0 Å². The quantitative estimate of drug-likeness (QED) is 0.256. The summed E-state index contributed by atoms with van der Waals surface area (Å²) >= 11 is 1.28. The van der Waals surface area contributed by atoms with Gasteiger partial charge in [-0.1, -0.05) is 25.2 Å². The number of nitrogens with two attached hydrogens (primary N) is 1. The molecule has 0 radical (unpaired) electrons. The molecule has 3 aromatic heterocycles. The first kappa shape index (κ1) is 32.8. The molecule has 11 nitrogen and oxygen atoms in total. The Morgan fingerprint density at radius 2 is 1.78 bits per heavy atom. The highest BCUT2D eigenvalue weighted by molar-refractivity contribution is 7.17. The van der Waals surface area contributed by atoms with Crippen molar-refractivity contribution in [1.29, 1.82) is 0 Å². The number of carbonyl (C=O) groups is 1. The predicted octanol–water partition coefficient (Wildman–Crippen LogP) is 3.45. The minimum atomic E-state index is -0.807. The fourth-order valence-electron chi connectivity index (χ4n) is 3.89. The van der Waals surface area contributed by atoms with Gasteiger partial charge in [-0.25, -0.2) is 18.7 Å². The minimum Gasteiger partial charge on any atom is -0.378 e. The lowest BCUT2D eigenvalue weighted by atomic mass is 10.2. The van der Waals surface area contributed by atoms with E-state index in [1.807, 2.05) is 13.8 Å². The maximum absolute atomic E-state index is 14.1. The molecule has 14 heteroatoms. The number of carbonyl (C=O) groups excluding carboxylic acids is 1. The number of halogens is 2. The SMILES string of the molecule is C#C.C#C.CC.CN(CCCCc1nc2c3cc(F)cc(F)c3nc(N)n2n1)C(=O)c1nnc(N2CCOCC2)s1. The van der Waals surface area contributed by atoms with E-state index in [0.29, 0.717) is 49.9 Å². The number of nitrogens with zero attached hydrogens (tertiary/aromatic N) is 8. The van der Waals surface area contributed by atoms with Crippen molar-refractivity contribution in [3.05, 3.63) is 34.6 Å². The summed E-state index contributed by atoms with van der Waals surface area (Å²) in [5, 5.41) is 13.8. The molecule has 1 amide bonds. The molecule has 2 N–H and O–H groups in total. The van der Waals surface area contributed by atoms with Gasteiger partial charge in [0.25, 0.3) is 5.91 Å².